The topological polar surface area (TPSA) is 39.1 Å². The predicted octanol–water partition coefficient (Wildman–Crippen LogP) is 3.97. The number of aryl methyl sites for hydroxylation is 1. The van der Waals surface area contributed by atoms with Crippen molar-refractivity contribution in [2.24, 2.45) is 0 Å². The molecule has 3 nitrogen and oxygen atoms in total. The van der Waals surface area contributed by atoms with Gasteiger partial charge in [-0.05, 0) is 76.4 Å². The molecule has 1 unspecified atom stereocenters. The van der Waals surface area contributed by atoms with E-state index in [0.717, 1.165) is 33.8 Å². The van der Waals surface area contributed by atoms with Gasteiger partial charge in [0.05, 0.1) is 5.69 Å². The number of rotatable bonds is 4. The summed E-state index contributed by atoms with van der Waals surface area (Å²) in [7, 11) is -2.21. The van der Waals surface area contributed by atoms with Gasteiger partial charge in [0.1, 0.15) is 6.29 Å². The Labute approximate surface area is 142 Å². The fourth-order valence-corrected chi connectivity index (χ4v) is 3.43. The van der Waals surface area contributed by atoms with Gasteiger partial charge in [-0.25, -0.2) is 0 Å². The minimum Gasteiger partial charge on any atom is -0.314 e. The molecule has 4 heteroatoms. The molecule has 0 radical (unpaired) electrons. The molecular formula is C20H19NO2S. The van der Waals surface area contributed by atoms with Gasteiger partial charge < -0.3 is 4.57 Å². The second-order valence-corrected chi connectivity index (χ2v) is 8.42. The number of hydrogen-bond acceptors (Lipinski definition) is 2. The number of hydrogen-bond donors (Lipinski definition) is 0. The summed E-state index contributed by atoms with van der Waals surface area (Å²) in [4.78, 5) is 11.6. The summed E-state index contributed by atoms with van der Waals surface area (Å²) in [6.45, 7) is 2.04. The van der Waals surface area contributed by atoms with E-state index in [9.17, 15) is 9.00 Å². The number of benzene rings is 2. The van der Waals surface area contributed by atoms with Crippen molar-refractivity contribution < 1.29 is 9.00 Å². The first kappa shape index (κ1) is 16.3. The molecule has 0 aliphatic heterocycles. The normalized spacial score (nSPS) is 13.4. The van der Waals surface area contributed by atoms with Crippen LogP contribution < -0.4 is 0 Å². The first-order chi connectivity index (χ1) is 11.4. The Balaban J connectivity index is 2.08. The van der Waals surface area contributed by atoms with Gasteiger partial charge in [0.25, 0.3) is 0 Å². The molecule has 1 atom stereocenters. The number of carbonyl (C=O) groups is 1. The van der Waals surface area contributed by atoms with Crippen LogP contribution in [0.15, 0.2) is 65.6 Å². The molecule has 0 N–H and O–H groups in total. The Morgan fingerprint density at radius 1 is 0.958 bits per heavy atom. The van der Waals surface area contributed by atoms with Gasteiger partial charge in [0.15, 0.2) is 0 Å². The van der Waals surface area contributed by atoms with Crippen molar-refractivity contribution in [2.45, 2.75) is 11.8 Å². The minimum absolute atomic E-state index is 0.655. The summed E-state index contributed by atoms with van der Waals surface area (Å²) in [6.07, 6.45) is 2.48. The summed E-state index contributed by atoms with van der Waals surface area (Å²) < 4.78 is 14.2. The minimum atomic E-state index is -2.21. The molecule has 0 aliphatic rings. The Kier molecular flexibility index (Phi) is 4.16. The zero-order valence-electron chi connectivity index (χ0n) is 13.7. The maximum atomic E-state index is 12.0. The molecule has 0 saturated carbocycles. The average molecular weight is 337 g/mol. The Hall–Kier alpha value is -2.59. The van der Waals surface area contributed by atoms with Crippen LogP contribution in [0.25, 0.3) is 16.9 Å². The van der Waals surface area contributed by atoms with Crippen molar-refractivity contribution in [3.63, 3.8) is 0 Å². The molecule has 3 aromatic rings. The van der Waals surface area contributed by atoms with Crippen LogP contribution in [-0.2, 0) is 9.52 Å². The van der Waals surface area contributed by atoms with Crippen LogP contribution in [0.1, 0.15) is 16.1 Å². The summed E-state index contributed by atoms with van der Waals surface area (Å²) in [6, 6.07) is 19.3. The third kappa shape index (κ3) is 3.05. The summed E-state index contributed by atoms with van der Waals surface area (Å²) in [5.74, 6) is 3.72. The monoisotopic (exact) mass is 337 g/mol. The van der Waals surface area contributed by atoms with Crippen LogP contribution in [0, 0.1) is 6.92 Å². The van der Waals surface area contributed by atoms with E-state index in [1.54, 1.807) is 6.26 Å². The van der Waals surface area contributed by atoms with Gasteiger partial charge in [0.2, 0.25) is 0 Å². The van der Waals surface area contributed by atoms with E-state index in [0.29, 0.717) is 5.56 Å². The lowest BCUT2D eigenvalue weighted by molar-refractivity contribution is 0.112. The smallest absolute Gasteiger partial charge is 0.150 e. The Morgan fingerprint density at radius 2 is 1.58 bits per heavy atom. The Bertz CT molecular complexity index is 979. The lowest BCUT2D eigenvalue weighted by Crippen LogP contribution is -2.00. The van der Waals surface area contributed by atoms with E-state index in [1.165, 1.54) is 0 Å². The van der Waals surface area contributed by atoms with Gasteiger partial charge in [0, 0.05) is 28.1 Å². The van der Waals surface area contributed by atoms with Crippen molar-refractivity contribution in [1.82, 2.24) is 4.57 Å². The predicted molar refractivity (Wildman–Crippen MR) is 101 cm³/mol. The number of carbonyl (C=O) groups excluding carboxylic acids is 1. The Morgan fingerprint density at radius 3 is 2.12 bits per heavy atom. The zero-order valence-corrected chi connectivity index (χ0v) is 14.5. The van der Waals surface area contributed by atoms with Gasteiger partial charge in [-0.1, -0.05) is 12.1 Å². The molecule has 1 heterocycles. The third-order valence-electron chi connectivity index (χ3n) is 4.01. The maximum absolute atomic E-state index is 12.0. The van der Waals surface area contributed by atoms with Gasteiger partial charge in [-0.3, -0.25) is 9.00 Å². The highest BCUT2D eigenvalue weighted by Crippen LogP contribution is 2.27. The lowest BCUT2D eigenvalue weighted by atomic mass is 10.1. The van der Waals surface area contributed by atoms with Gasteiger partial charge >= 0.3 is 0 Å². The highest BCUT2D eigenvalue weighted by molar-refractivity contribution is 7.99. The van der Waals surface area contributed by atoms with E-state index >= 15 is 0 Å². The molecule has 3 rings (SSSR count). The quantitative estimate of drug-likeness (QED) is 0.534. The van der Waals surface area contributed by atoms with E-state index in [2.05, 4.69) is 22.6 Å². The molecule has 0 spiro atoms. The average Bonchev–Trinajstić information content (AvgIpc) is 2.96. The van der Waals surface area contributed by atoms with Crippen molar-refractivity contribution in [3.8, 4) is 16.9 Å². The zero-order chi connectivity index (χ0) is 17.3. The van der Waals surface area contributed by atoms with Gasteiger partial charge in [-0.15, -0.1) is 0 Å². The molecule has 24 heavy (non-hydrogen) atoms. The molecule has 0 bridgehead atoms. The molecule has 0 amide bonds. The standard InChI is InChI=1S/C20H19NO2S/c1-15-4-13-20(17-7-11-19(12-8-17)24(2,3)23)21(15)18-9-5-16(14-22)6-10-18/h4-14H,2H2,1,3H3. The van der Waals surface area contributed by atoms with Crippen LogP contribution in [0.4, 0.5) is 0 Å². The van der Waals surface area contributed by atoms with Crippen molar-refractivity contribution in [1.29, 1.82) is 0 Å². The summed E-state index contributed by atoms with van der Waals surface area (Å²) >= 11 is 0. The van der Waals surface area contributed by atoms with Gasteiger partial charge in [-0.2, -0.15) is 0 Å². The van der Waals surface area contributed by atoms with E-state index in [4.69, 9.17) is 0 Å². The summed E-state index contributed by atoms with van der Waals surface area (Å²) in [5.41, 5.74) is 4.84. The second kappa shape index (κ2) is 6.13. The van der Waals surface area contributed by atoms with Crippen LogP contribution >= 0.6 is 0 Å². The van der Waals surface area contributed by atoms with Crippen LogP contribution in [-0.4, -0.2) is 27.2 Å². The third-order valence-corrected chi connectivity index (χ3v) is 5.28. The van der Waals surface area contributed by atoms with E-state index in [1.807, 2.05) is 55.5 Å². The fourth-order valence-electron chi connectivity index (χ4n) is 2.72. The van der Waals surface area contributed by atoms with Crippen molar-refractivity contribution >= 4 is 21.7 Å². The van der Waals surface area contributed by atoms with E-state index < -0.39 is 9.52 Å². The first-order valence-electron chi connectivity index (χ1n) is 7.57. The van der Waals surface area contributed by atoms with Crippen LogP contribution in [0.2, 0.25) is 0 Å². The highest BCUT2D eigenvalue weighted by atomic mass is 32.2. The lowest BCUT2D eigenvalue weighted by Gasteiger charge is -2.13. The van der Waals surface area contributed by atoms with Crippen LogP contribution in [0.5, 0.6) is 0 Å². The molecule has 0 saturated heterocycles. The molecule has 1 aromatic heterocycles. The summed E-state index contributed by atoms with van der Waals surface area (Å²) in [5, 5.41) is 0. The molecule has 122 valence electrons. The second-order valence-electron chi connectivity index (χ2n) is 5.93. The van der Waals surface area contributed by atoms with Crippen LogP contribution in [0.3, 0.4) is 0 Å². The molecule has 2 aromatic carbocycles. The van der Waals surface area contributed by atoms with Crippen molar-refractivity contribution in [3.05, 3.63) is 71.9 Å². The van der Waals surface area contributed by atoms with E-state index in [-0.39, 0.29) is 0 Å². The highest BCUT2D eigenvalue weighted by Gasteiger charge is 2.10. The number of aldehydes is 1. The maximum Gasteiger partial charge on any atom is 0.150 e. The SMILES string of the molecule is C=S(C)(=O)c1ccc(-c2ccc(C)n2-c2ccc(C=O)cc2)cc1. The molecular weight excluding hydrogens is 318 g/mol. The molecule has 0 aliphatic carbocycles. The number of aromatic nitrogens is 1. The fraction of sp³-hybridized carbons (Fsp3) is 0.100. The van der Waals surface area contributed by atoms with Crippen molar-refractivity contribution in [2.75, 3.05) is 6.26 Å². The molecule has 0 fully saturated rings. The first-order valence-corrected chi connectivity index (χ1v) is 9.70. The largest absolute Gasteiger partial charge is 0.314 e. The number of nitrogens with zero attached hydrogens (tertiary/aromatic N) is 1.